The minimum atomic E-state index is -2.33. The van der Waals surface area contributed by atoms with Crippen molar-refractivity contribution in [2.24, 2.45) is 0 Å². The molecule has 0 spiro atoms. The number of nitrogens with zero attached hydrogens (tertiary/aromatic N) is 1. The highest BCUT2D eigenvalue weighted by atomic mass is 19.3. The molecule has 0 aromatic rings. The van der Waals surface area contributed by atoms with Crippen LogP contribution in [0.1, 0.15) is 19.3 Å². The summed E-state index contributed by atoms with van der Waals surface area (Å²) in [6, 6.07) is 0. The van der Waals surface area contributed by atoms with Crippen molar-refractivity contribution in [3.8, 4) is 0 Å². The van der Waals surface area contributed by atoms with Gasteiger partial charge in [-0.25, -0.2) is 8.78 Å². The van der Waals surface area contributed by atoms with E-state index in [9.17, 15) is 8.78 Å². The maximum absolute atomic E-state index is 12.2. The quantitative estimate of drug-likeness (QED) is 0.702. The van der Waals surface area contributed by atoms with Crippen molar-refractivity contribution >= 4 is 0 Å². The van der Waals surface area contributed by atoms with Crippen LogP contribution in [0, 0.1) is 0 Å². The molecule has 90 valence electrons. The second-order valence-corrected chi connectivity index (χ2v) is 3.84. The van der Waals surface area contributed by atoms with Crippen LogP contribution < -0.4 is 0 Å². The minimum Gasteiger partial charge on any atom is -0.395 e. The van der Waals surface area contributed by atoms with Gasteiger partial charge in [0.2, 0.25) is 0 Å². The highest BCUT2D eigenvalue weighted by Gasteiger charge is 2.18. The van der Waals surface area contributed by atoms with Crippen LogP contribution >= 0.6 is 0 Å². The second kappa shape index (κ2) is 7.09. The smallest absolute Gasteiger partial charge is 0.251 e. The summed E-state index contributed by atoms with van der Waals surface area (Å²) >= 11 is 0. The highest BCUT2D eigenvalue weighted by Crippen LogP contribution is 2.15. The average molecular weight is 223 g/mol. The van der Waals surface area contributed by atoms with Crippen molar-refractivity contribution in [3.05, 3.63) is 0 Å². The molecule has 0 aromatic carbocycles. The van der Waals surface area contributed by atoms with Crippen LogP contribution in [0.4, 0.5) is 8.78 Å². The molecule has 0 saturated carbocycles. The molecule has 1 unspecified atom stereocenters. The van der Waals surface area contributed by atoms with Gasteiger partial charge in [0.05, 0.1) is 19.3 Å². The molecule has 0 aromatic heterocycles. The normalized spacial score (nSPS) is 21.8. The summed E-state index contributed by atoms with van der Waals surface area (Å²) in [5.74, 6) is 0. The predicted molar refractivity (Wildman–Crippen MR) is 53.1 cm³/mol. The van der Waals surface area contributed by atoms with Gasteiger partial charge >= 0.3 is 0 Å². The number of aliphatic hydroxyl groups is 1. The summed E-state index contributed by atoms with van der Waals surface area (Å²) in [5, 5.41) is 8.72. The van der Waals surface area contributed by atoms with Gasteiger partial charge in [0, 0.05) is 19.7 Å². The molecule has 5 heteroatoms. The Balaban J connectivity index is 2.17. The molecule has 15 heavy (non-hydrogen) atoms. The van der Waals surface area contributed by atoms with Crippen molar-refractivity contribution in [1.29, 1.82) is 0 Å². The maximum Gasteiger partial charge on any atom is 0.251 e. The molecule has 0 amide bonds. The fraction of sp³-hybridized carbons (Fsp3) is 1.00. The third-order valence-electron chi connectivity index (χ3n) is 2.60. The third-order valence-corrected chi connectivity index (χ3v) is 2.60. The van der Waals surface area contributed by atoms with Crippen molar-refractivity contribution in [3.63, 3.8) is 0 Å². The average Bonchev–Trinajstić information content (AvgIpc) is 2.66. The van der Waals surface area contributed by atoms with Gasteiger partial charge in [-0.1, -0.05) is 0 Å². The van der Waals surface area contributed by atoms with Crippen LogP contribution in [0.15, 0.2) is 0 Å². The molecule has 0 radical (unpaired) electrons. The molecule has 1 fully saturated rings. The molecule has 1 aliphatic heterocycles. The number of ether oxygens (including phenoxy) is 1. The lowest BCUT2D eigenvalue weighted by Crippen LogP contribution is -2.34. The van der Waals surface area contributed by atoms with Crippen molar-refractivity contribution in [2.75, 3.05) is 32.8 Å². The van der Waals surface area contributed by atoms with E-state index in [4.69, 9.17) is 9.84 Å². The van der Waals surface area contributed by atoms with E-state index in [0.717, 1.165) is 25.9 Å². The van der Waals surface area contributed by atoms with Crippen LogP contribution in [0.25, 0.3) is 0 Å². The van der Waals surface area contributed by atoms with E-state index >= 15 is 0 Å². The molecule has 0 aliphatic carbocycles. The maximum atomic E-state index is 12.2. The summed E-state index contributed by atoms with van der Waals surface area (Å²) in [4.78, 5) is 1.59. The van der Waals surface area contributed by atoms with E-state index in [2.05, 4.69) is 0 Å². The fourth-order valence-electron chi connectivity index (χ4n) is 1.83. The van der Waals surface area contributed by atoms with Gasteiger partial charge in [-0.3, -0.25) is 4.90 Å². The molecule has 1 atom stereocenters. The molecule has 0 bridgehead atoms. The Kier molecular flexibility index (Phi) is 6.05. The van der Waals surface area contributed by atoms with Gasteiger partial charge < -0.3 is 9.84 Å². The standard InChI is InChI=1S/C10H19F2NO2/c11-10(12)8-13(5-6-14)4-3-9-2-1-7-15-9/h9-10,14H,1-8H2. The zero-order chi connectivity index (χ0) is 11.1. The van der Waals surface area contributed by atoms with Crippen molar-refractivity contribution < 1.29 is 18.6 Å². The van der Waals surface area contributed by atoms with Crippen LogP contribution in [-0.4, -0.2) is 55.4 Å². The van der Waals surface area contributed by atoms with E-state index < -0.39 is 6.43 Å². The first-order valence-electron chi connectivity index (χ1n) is 5.45. The molecular formula is C10H19F2NO2. The van der Waals surface area contributed by atoms with Gasteiger partial charge in [0.25, 0.3) is 6.43 Å². The lowest BCUT2D eigenvalue weighted by molar-refractivity contribution is 0.0571. The molecule has 1 N–H and O–H groups in total. The molecular weight excluding hydrogens is 204 g/mol. The van der Waals surface area contributed by atoms with Crippen LogP contribution in [-0.2, 0) is 4.74 Å². The van der Waals surface area contributed by atoms with E-state index in [1.165, 1.54) is 0 Å². The Morgan fingerprint density at radius 2 is 2.20 bits per heavy atom. The second-order valence-electron chi connectivity index (χ2n) is 3.84. The molecule has 1 saturated heterocycles. The zero-order valence-corrected chi connectivity index (χ0v) is 8.87. The Labute approximate surface area is 89.0 Å². The lowest BCUT2D eigenvalue weighted by atomic mass is 10.2. The van der Waals surface area contributed by atoms with Gasteiger partial charge in [0.1, 0.15) is 0 Å². The first kappa shape index (κ1) is 12.8. The number of rotatable bonds is 7. The first-order chi connectivity index (χ1) is 7.22. The van der Waals surface area contributed by atoms with Crippen LogP contribution in [0.3, 0.4) is 0 Å². The van der Waals surface area contributed by atoms with Gasteiger partial charge in [0.15, 0.2) is 0 Å². The van der Waals surface area contributed by atoms with Crippen molar-refractivity contribution in [2.45, 2.75) is 31.8 Å². The van der Waals surface area contributed by atoms with E-state index in [1.54, 1.807) is 4.90 Å². The lowest BCUT2D eigenvalue weighted by Gasteiger charge is -2.22. The largest absolute Gasteiger partial charge is 0.395 e. The van der Waals surface area contributed by atoms with Crippen LogP contribution in [0.5, 0.6) is 0 Å². The fourth-order valence-corrected chi connectivity index (χ4v) is 1.83. The summed E-state index contributed by atoms with van der Waals surface area (Å²) in [5.41, 5.74) is 0. The Hall–Kier alpha value is -0.260. The number of aliphatic hydroxyl groups excluding tert-OH is 1. The Morgan fingerprint density at radius 1 is 1.40 bits per heavy atom. The van der Waals surface area contributed by atoms with Crippen LogP contribution in [0.2, 0.25) is 0 Å². The van der Waals surface area contributed by atoms with E-state index in [1.807, 2.05) is 0 Å². The molecule has 1 rings (SSSR count). The van der Waals surface area contributed by atoms with Gasteiger partial charge in [-0.15, -0.1) is 0 Å². The topological polar surface area (TPSA) is 32.7 Å². The summed E-state index contributed by atoms with van der Waals surface area (Å²) < 4.78 is 29.7. The summed E-state index contributed by atoms with van der Waals surface area (Å²) in [6.07, 6.45) is 0.776. The molecule has 3 nitrogen and oxygen atoms in total. The SMILES string of the molecule is OCCN(CCC1CCCO1)CC(F)F. The predicted octanol–water partition coefficient (Wildman–Crippen LogP) is 1.11. The zero-order valence-electron chi connectivity index (χ0n) is 8.87. The number of hydrogen-bond acceptors (Lipinski definition) is 3. The highest BCUT2D eigenvalue weighted by molar-refractivity contribution is 4.68. The first-order valence-corrected chi connectivity index (χ1v) is 5.45. The number of alkyl halides is 2. The number of hydrogen-bond donors (Lipinski definition) is 1. The monoisotopic (exact) mass is 223 g/mol. The van der Waals surface area contributed by atoms with E-state index in [0.29, 0.717) is 13.1 Å². The minimum absolute atomic E-state index is 0.0712. The van der Waals surface area contributed by atoms with Crippen molar-refractivity contribution in [1.82, 2.24) is 4.90 Å². The summed E-state index contributed by atoms with van der Waals surface area (Å²) in [6.45, 7) is 1.36. The van der Waals surface area contributed by atoms with E-state index in [-0.39, 0.29) is 19.3 Å². The molecule has 1 aliphatic rings. The third kappa shape index (κ3) is 5.39. The Morgan fingerprint density at radius 3 is 2.73 bits per heavy atom. The molecule has 1 heterocycles. The van der Waals surface area contributed by atoms with Gasteiger partial charge in [-0.05, 0) is 19.3 Å². The summed E-state index contributed by atoms with van der Waals surface area (Å²) in [7, 11) is 0. The Bertz CT molecular complexity index is 164. The van der Waals surface area contributed by atoms with Gasteiger partial charge in [-0.2, -0.15) is 0 Å². The number of halogens is 2.